The molecule has 0 fully saturated rings. The maximum atomic E-state index is 12.5. The fourth-order valence-corrected chi connectivity index (χ4v) is 2.94. The summed E-state index contributed by atoms with van der Waals surface area (Å²) in [7, 11) is 0. The van der Waals surface area contributed by atoms with Crippen molar-refractivity contribution < 1.29 is 4.79 Å². The molecule has 0 radical (unpaired) electrons. The minimum atomic E-state index is -0.234. The van der Waals surface area contributed by atoms with Gasteiger partial charge in [-0.1, -0.05) is 32.0 Å². The number of nitrogens with one attached hydrogen (secondary N) is 1. The summed E-state index contributed by atoms with van der Waals surface area (Å²) in [6, 6.07) is 13.4. The first kappa shape index (κ1) is 16.2. The summed E-state index contributed by atoms with van der Waals surface area (Å²) in [5.74, 6) is 0.698. The highest BCUT2D eigenvalue weighted by atomic mass is 16.1. The second kappa shape index (κ2) is 6.55. The molecule has 0 saturated carbocycles. The highest BCUT2D eigenvalue weighted by molar-refractivity contribution is 6.08. The molecule has 0 unspecified atom stereocenters. The van der Waals surface area contributed by atoms with E-state index in [0.29, 0.717) is 17.3 Å². The van der Waals surface area contributed by atoms with E-state index in [9.17, 15) is 4.79 Å². The zero-order valence-corrected chi connectivity index (χ0v) is 14.7. The minimum Gasteiger partial charge on any atom is -0.304 e. The Balaban J connectivity index is 1.82. The number of nitrogens with zero attached hydrogens (tertiary/aromatic N) is 4. The zero-order valence-electron chi connectivity index (χ0n) is 14.7. The van der Waals surface area contributed by atoms with Crippen molar-refractivity contribution in [2.75, 3.05) is 5.32 Å². The number of anilines is 1. The Kier molecular flexibility index (Phi) is 4.08. The van der Waals surface area contributed by atoms with Gasteiger partial charge in [0.05, 0.1) is 16.5 Å². The average molecular weight is 345 g/mol. The fraction of sp³-hybridized carbons (Fsp3) is 0.200. The van der Waals surface area contributed by atoms with Crippen molar-refractivity contribution in [2.24, 2.45) is 5.92 Å². The number of carbonyl (C=O) groups excluding carboxylic acids is 1. The van der Waals surface area contributed by atoms with Gasteiger partial charge in [-0.15, -0.1) is 0 Å². The molecular weight excluding hydrogens is 326 g/mol. The largest absolute Gasteiger partial charge is 0.304 e. The zero-order chi connectivity index (χ0) is 18.1. The Labute approximate surface area is 150 Å². The van der Waals surface area contributed by atoms with Crippen LogP contribution < -0.4 is 5.32 Å². The fourth-order valence-electron chi connectivity index (χ4n) is 2.94. The van der Waals surface area contributed by atoms with Gasteiger partial charge in [0.1, 0.15) is 0 Å². The molecular formula is C20H19N5O. The maximum absolute atomic E-state index is 12.5. The predicted molar refractivity (Wildman–Crippen MR) is 102 cm³/mol. The van der Waals surface area contributed by atoms with Gasteiger partial charge in [-0.2, -0.15) is 5.10 Å². The topological polar surface area (TPSA) is 72.7 Å². The molecule has 6 nitrogen and oxygen atoms in total. The van der Waals surface area contributed by atoms with E-state index in [0.717, 1.165) is 28.5 Å². The summed E-state index contributed by atoms with van der Waals surface area (Å²) < 4.78 is 1.87. The molecule has 4 rings (SSSR count). The molecule has 0 bridgehead atoms. The van der Waals surface area contributed by atoms with E-state index in [2.05, 4.69) is 29.2 Å². The number of rotatable bonds is 4. The van der Waals surface area contributed by atoms with Crippen LogP contribution in [-0.4, -0.2) is 25.7 Å². The lowest BCUT2D eigenvalue weighted by atomic mass is 10.2. The predicted octanol–water partition coefficient (Wildman–Crippen LogP) is 3.89. The van der Waals surface area contributed by atoms with Gasteiger partial charge in [0.15, 0.2) is 11.5 Å². The quantitative estimate of drug-likeness (QED) is 0.609. The van der Waals surface area contributed by atoms with Crippen molar-refractivity contribution in [1.29, 1.82) is 0 Å². The molecule has 6 heteroatoms. The number of hydrogen-bond donors (Lipinski definition) is 1. The summed E-state index contributed by atoms with van der Waals surface area (Å²) in [4.78, 5) is 21.3. The molecule has 0 atom stereocenters. The van der Waals surface area contributed by atoms with Gasteiger partial charge in [-0.3, -0.25) is 9.78 Å². The molecule has 0 saturated heterocycles. The third kappa shape index (κ3) is 3.01. The molecule has 1 N–H and O–H groups in total. The lowest BCUT2D eigenvalue weighted by Crippen LogP contribution is -2.13. The van der Waals surface area contributed by atoms with Crippen LogP contribution in [-0.2, 0) is 6.54 Å². The van der Waals surface area contributed by atoms with Crippen LogP contribution in [0.3, 0.4) is 0 Å². The molecule has 3 heterocycles. The van der Waals surface area contributed by atoms with Crippen molar-refractivity contribution in [2.45, 2.75) is 20.4 Å². The first-order valence-corrected chi connectivity index (χ1v) is 8.59. The van der Waals surface area contributed by atoms with Gasteiger partial charge in [-0.05, 0) is 30.2 Å². The lowest BCUT2D eigenvalue weighted by molar-refractivity contribution is 0.102. The third-order valence-corrected chi connectivity index (χ3v) is 4.12. The first-order valence-electron chi connectivity index (χ1n) is 8.59. The van der Waals surface area contributed by atoms with Crippen LogP contribution in [0.25, 0.3) is 21.9 Å². The van der Waals surface area contributed by atoms with Gasteiger partial charge >= 0.3 is 0 Å². The number of fused-ring (bicyclic) bond motifs is 2. The average Bonchev–Trinajstić information content (AvgIpc) is 2.96. The number of para-hydroxylation sites is 1. The highest BCUT2D eigenvalue weighted by Gasteiger charge is 2.17. The van der Waals surface area contributed by atoms with Crippen LogP contribution in [0.2, 0.25) is 0 Å². The molecule has 3 aromatic heterocycles. The molecule has 0 spiro atoms. The van der Waals surface area contributed by atoms with E-state index in [1.54, 1.807) is 18.3 Å². The van der Waals surface area contributed by atoms with E-state index in [1.807, 2.05) is 35.0 Å². The normalized spacial score (nSPS) is 11.3. The number of aromatic nitrogens is 4. The minimum absolute atomic E-state index is 0.234. The van der Waals surface area contributed by atoms with Crippen LogP contribution in [0.5, 0.6) is 0 Å². The van der Waals surface area contributed by atoms with E-state index < -0.39 is 0 Å². The second-order valence-electron chi connectivity index (χ2n) is 6.67. The molecule has 130 valence electrons. The second-order valence-corrected chi connectivity index (χ2v) is 6.67. The van der Waals surface area contributed by atoms with Crippen molar-refractivity contribution in [3.8, 4) is 0 Å². The summed E-state index contributed by atoms with van der Waals surface area (Å²) in [5, 5.41) is 9.38. The van der Waals surface area contributed by atoms with Gasteiger partial charge in [0.2, 0.25) is 0 Å². The first-order chi connectivity index (χ1) is 12.6. The van der Waals surface area contributed by atoms with E-state index in [-0.39, 0.29) is 5.91 Å². The Bertz CT molecular complexity index is 1090. The third-order valence-electron chi connectivity index (χ3n) is 4.12. The molecule has 1 aromatic carbocycles. The van der Waals surface area contributed by atoms with Crippen molar-refractivity contribution >= 4 is 33.7 Å². The van der Waals surface area contributed by atoms with E-state index in [1.165, 1.54) is 6.20 Å². The van der Waals surface area contributed by atoms with Crippen molar-refractivity contribution in [1.82, 2.24) is 19.7 Å². The molecule has 26 heavy (non-hydrogen) atoms. The number of hydrogen-bond acceptors (Lipinski definition) is 4. The number of benzene rings is 1. The number of pyridine rings is 2. The lowest BCUT2D eigenvalue weighted by Gasteiger charge is -2.05. The molecule has 0 aliphatic carbocycles. The Hall–Kier alpha value is -3.28. The van der Waals surface area contributed by atoms with Crippen LogP contribution in [0.15, 0.2) is 54.9 Å². The smallest absolute Gasteiger partial charge is 0.258 e. The highest BCUT2D eigenvalue weighted by Crippen LogP contribution is 2.26. The van der Waals surface area contributed by atoms with Crippen LogP contribution in [0, 0.1) is 5.92 Å². The Morgan fingerprint density at radius 2 is 2.04 bits per heavy atom. The van der Waals surface area contributed by atoms with E-state index in [4.69, 9.17) is 4.98 Å². The Morgan fingerprint density at radius 1 is 1.19 bits per heavy atom. The molecule has 4 aromatic rings. The summed E-state index contributed by atoms with van der Waals surface area (Å²) in [5.41, 5.74) is 2.18. The Morgan fingerprint density at radius 3 is 2.81 bits per heavy atom. The summed E-state index contributed by atoms with van der Waals surface area (Å²) >= 11 is 0. The van der Waals surface area contributed by atoms with Crippen LogP contribution in [0.4, 0.5) is 5.82 Å². The van der Waals surface area contributed by atoms with Gasteiger partial charge in [0, 0.05) is 24.3 Å². The molecule has 0 aliphatic rings. The van der Waals surface area contributed by atoms with Crippen LogP contribution >= 0.6 is 0 Å². The van der Waals surface area contributed by atoms with Gasteiger partial charge in [-0.25, -0.2) is 9.67 Å². The monoisotopic (exact) mass is 345 g/mol. The maximum Gasteiger partial charge on any atom is 0.258 e. The summed E-state index contributed by atoms with van der Waals surface area (Å²) in [6.45, 7) is 4.98. The number of carbonyl (C=O) groups is 1. The van der Waals surface area contributed by atoms with Crippen LogP contribution in [0.1, 0.15) is 24.2 Å². The molecule has 0 aliphatic heterocycles. The van der Waals surface area contributed by atoms with Crippen molar-refractivity contribution in [3.63, 3.8) is 0 Å². The van der Waals surface area contributed by atoms with Gasteiger partial charge in [0.25, 0.3) is 5.91 Å². The SMILES string of the molecule is CC(C)Cn1nc(NC(=O)c2cccnc2)c2cc3ccccc3nc21. The summed E-state index contributed by atoms with van der Waals surface area (Å²) in [6.07, 6.45) is 3.18. The standard InChI is InChI=1S/C20H19N5O/c1-13(2)12-25-19-16(10-14-6-3-4-8-17(14)22-19)18(24-25)23-20(26)15-7-5-9-21-11-15/h3-11,13H,12H2,1-2H3,(H,23,24,26). The van der Waals surface area contributed by atoms with E-state index >= 15 is 0 Å². The molecule has 1 amide bonds. The van der Waals surface area contributed by atoms with Gasteiger partial charge < -0.3 is 5.32 Å². The number of amides is 1. The van der Waals surface area contributed by atoms with Crippen molar-refractivity contribution in [3.05, 3.63) is 60.4 Å².